The topological polar surface area (TPSA) is 55.6 Å². The Balaban J connectivity index is 2.58. The Morgan fingerprint density at radius 3 is 2.89 bits per heavy atom. The molecule has 0 saturated heterocycles. The van der Waals surface area contributed by atoms with Gasteiger partial charge in [-0.3, -0.25) is 4.79 Å². The molecule has 0 aliphatic rings. The van der Waals surface area contributed by atoms with Gasteiger partial charge in [-0.1, -0.05) is 19.4 Å². The molecule has 1 aromatic heterocycles. The number of nitrogens with zero attached hydrogens (tertiary/aromatic N) is 1. The van der Waals surface area contributed by atoms with Crippen molar-refractivity contribution in [1.82, 2.24) is 4.90 Å². The molecule has 1 heterocycles. The maximum Gasteiger partial charge on any atom is 0.223 e. The number of carbonyl (C=O) groups is 1. The van der Waals surface area contributed by atoms with E-state index in [0.29, 0.717) is 32.7 Å². The molecule has 4 nitrogen and oxygen atoms in total. The summed E-state index contributed by atoms with van der Waals surface area (Å²) in [6, 6.07) is 4.06. The van der Waals surface area contributed by atoms with Crippen molar-refractivity contribution in [3.05, 3.63) is 22.4 Å². The zero-order valence-electron chi connectivity index (χ0n) is 11.8. The van der Waals surface area contributed by atoms with E-state index in [9.17, 15) is 4.79 Å². The monoisotopic (exact) mass is 284 g/mol. The number of rotatable bonds is 9. The van der Waals surface area contributed by atoms with Crippen LogP contribution in [0.25, 0.3) is 0 Å². The van der Waals surface area contributed by atoms with Gasteiger partial charge in [0, 0.05) is 25.0 Å². The summed E-state index contributed by atoms with van der Waals surface area (Å²) in [5.41, 5.74) is 5.67. The van der Waals surface area contributed by atoms with Gasteiger partial charge >= 0.3 is 0 Å². The number of hydrogen-bond acceptors (Lipinski definition) is 4. The first kappa shape index (κ1) is 16.1. The quantitative estimate of drug-likeness (QED) is 0.755. The Kier molecular flexibility index (Phi) is 7.70. The third-order valence-corrected chi connectivity index (χ3v) is 4.08. The van der Waals surface area contributed by atoms with E-state index in [1.165, 1.54) is 4.88 Å². The minimum absolute atomic E-state index is 0.169. The van der Waals surface area contributed by atoms with Gasteiger partial charge in [-0.15, -0.1) is 11.3 Å². The highest BCUT2D eigenvalue weighted by Crippen LogP contribution is 2.15. The van der Waals surface area contributed by atoms with E-state index in [4.69, 9.17) is 10.5 Å². The first-order valence-electron chi connectivity index (χ1n) is 6.70. The predicted molar refractivity (Wildman–Crippen MR) is 79.1 cm³/mol. The van der Waals surface area contributed by atoms with E-state index in [0.717, 1.165) is 6.42 Å². The number of thiophene rings is 1. The molecular formula is C14H24N2O2S. The van der Waals surface area contributed by atoms with Gasteiger partial charge < -0.3 is 15.4 Å². The number of methoxy groups -OCH3 is 1. The number of nitrogens with two attached hydrogens (primary N) is 1. The molecule has 0 aromatic carbocycles. The SMILES string of the molecule is CCC(CN)CC(=O)N(CCOC)Cc1cccs1. The lowest BCUT2D eigenvalue weighted by molar-refractivity contribution is -0.133. The summed E-state index contributed by atoms with van der Waals surface area (Å²) >= 11 is 1.67. The molecule has 1 amide bonds. The van der Waals surface area contributed by atoms with Crippen LogP contribution in [0.3, 0.4) is 0 Å². The van der Waals surface area contributed by atoms with Gasteiger partial charge in [-0.05, 0) is 23.9 Å². The molecule has 0 fully saturated rings. The fourth-order valence-electron chi connectivity index (χ4n) is 1.85. The molecule has 1 atom stereocenters. The minimum atomic E-state index is 0.169. The lowest BCUT2D eigenvalue weighted by Crippen LogP contribution is -2.35. The van der Waals surface area contributed by atoms with Gasteiger partial charge in [0.1, 0.15) is 0 Å². The zero-order valence-corrected chi connectivity index (χ0v) is 12.6. The van der Waals surface area contributed by atoms with Gasteiger partial charge in [-0.25, -0.2) is 0 Å². The van der Waals surface area contributed by atoms with Crippen LogP contribution in [-0.2, 0) is 16.1 Å². The van der Waals surface area contributed by atoms with Crippen LogP contribution in [0, 0.1) is 5.92 Å². The van der Waals surface area contributed by atoms with Gasteiger partial charge in [0.05, 0.1) is 13.2 Å². The summed E-state index contributed by atoms with van der Waals surface area (Å²) in [6.07, 6.45) is 1.47. The molecule has 0 saturated carbocycles. The highest BCUT2D eigenvalue weighted by molar-refractivity contribution is 7.09. The number of carbonyl (C=O) groups excluding carboxylic acids is 1. The number of ether oxygens (including phenoxy) is 1. The van der Waals surface area contributed by atoms with Crippen molar-refractivity contribution >= 4 is 17.2 Å². The van der Waals surface area contributed by atoms with Gasteiger partial charge in [0.2, 0.25) is 5.91 Å². The van der Waals surface area contributed by atoms with E-state index in [1.54, 1.807) is 18.4 Å². The van der Waals surface area contributed by atoms with Crippen LogP contribution >= 0.6 is 11.3 Å². The van der Waals surface area contributed by atoms with Crippen molar-refractivity contribution in [2.45, 2.75) is 26.3 Å². The first-order valence-corrected chi connectivity index (χ1v) is 7.58. The lowest BCUT2D eigenvalue weighted by atomic mass is 10.0. The van der Waals surface area contributed by atoms with Crippen molar-refractivity contribution in [2.75, 3.05) is 26.8 Å². The molecule has 0 aliphatic heterocycles. The second-order valence-corrected chi connectivity index (χ2v) is 5.63. The molecule has 2 N–H and O–H groups in total. The van der Waals surface area contributed by atoms with Crippen molar-refractivity contribution in [3.8, 4) is 0 Å². The van der Waals surface area contributed by atoms with Crippen LogP contribution in [0.2, 0.25) is 0 Å². The summed E-state index contributed by atoms with van der Waals surface area (Å²) in [5, 5.41) is 2.03. The van der Waals surface area contributed by atoms with Crippen molar-refractivity contribution < 1.29 is 9.53 Å². The Morgan fingerprint density at radius 1 is 1.58 bits per heavy atom. The Labute approximate surface area is 119 Å². The van der Waals surface area contributed by atoms with Gasteiger partial charge in [0.25, 0.3) is 0 Å². The average Bonchev–Trinajstić information content (AvgIpc) is 2.93. The van der Waals surface area contributed by atoms with Crippen molar-refractivity contribution in [3.63, 3.8) is 0 Å². The fourth-order valence-corrected chi connectivity index (χ4v) is 2.57. The van der Waals surface area contributed by atoms with E-state index < -0.39 is 0 Å². The number of amides is 1. The summed E-state index contributed by atoms with van der Waals surface area (Å²) < 4.78 is 5.08. The van der Waals surface area contributed by atoms with Crippen LogP contribution in [0.15, 0.2) is 17.5 Å². The van der Waals surface area contributed by atoms with Crippen LogP contribution in [0.4, 0.5) is 0 Å². The average molecular weight is 284 g/mol. The Hall–Kier alpha value is -0.910. The molecule has 1 aromatic rings. The molecular weight excluding hydrogens is 260 g/mol. The normalized spacial score (nSPS) is 12.4. The Morgan fingerprint density at radius 2 is 2.37 bits per heavy atom. The van der Waals surface area contributed by atoms with Crippen LogP contribution < -0.4 is 5.73 Å². The molecule has 108 valence electrons. The standard InChI is InChI=1S/C14H24N2O2S/c1-3-12(10-15)9-14(17)16(6-7-18-2)11-13-5-4-8-19-13/h4-5,8,12H,3,6-7,9-11,15H2,1-2H3. The summed E-state index contributed by atoms with van der Waals surface area (Å²) in [6.45, 7) is 4.51. The first-order chi connectivity index (χ1) is 9.21. The van der Waals surface area contributed by atoms with Crippen molar-refractivity contribution in [1.29, 1.82) is 0 Å². The molecule has 0 radical (unpaired) electrons. The fraction of sp³-hybridized carbons (Fsp3) is 0.643. The molecule has 0 aliphatic carbocycles. The summed E-state index contributed by atoms with van der Waals surface area (Å²) in [5.74, 6) is 0.448. The third kappa shape index (κ3) is 5.72. The molecule has 5 heteroatoms. The van der Waals surface area contributed by atoms with Gasteiger partial charge in [0.15, 0.2) is 0 Å². The smallest absolute Gasteiger partial charge is 0.223 e. The Bertz CT molecular complexity index is 350. The minimum Gasteiger partial charge on any atom is -0.383 e. The second kappa shape index (κ2) is 9.07. The zero-order chi connectivity index (χ0) is 14.1. The third-order valence-electron chi connectivity index (χ3n) is 3.22. The molecule has 1 rings (SSSR count). The largest absolute Gasteiger partial charge is 0.383 e. The highest BCUT2D eigenvalue weighted by Gasteiger charge is 2.18. The maximum atomic E-state index is 12.3. The van der Waals surface area contributed by atoms with Crippen LogP contribution in [-0.4, -0.2) is 37.6 Å². The second-order valence-electron chi connectivity index (χ2n) is 4.60. The number of hydrogen-bond donors (Lipinski definition) is 1. The van der Waals surface area contributed by atoms with Gasteiger partial charge in [-0.2, -0.15) is 0 Å². The van der Waals surface area contributed by atoms with E-state index in [2.05, 4.69) is 13.0 Å². The molecule has 0 spiro atoms. The lowest BCUT2D eigenvalue weighted by Gasteiger charge is -2.24. The predicted octanol–water partition coefficient (Wildman–Crippen LogP) is 2.10. The highest BCUT2D eigenvalue weighted by atomic mass is 32.1. The van der Waals surface area contributed by atoms with Crippen LogP contribution in [0.5, 0.6) is 0 Å². The van der Waals surface area contributed by atoms with Crippen molar-refractivity contribution in [2.24, 2.45) is 11.7 Å². The summed E-state index contributed by atoms with van der Waals surface area (Å²) in [7, 11) is 1.66. The molecule has 1 unspecified atom stereocenters. The van der Waals surface area contributed by atoms with E-state index in [1.807, 2.05) is 16.3 Å². The maximum absolute atomic E-state index is 12.3. The molecule has 19 heavy (non-hydrogen) atoms. The van der Waals surface area contributed by atoms with Crippen LogP contribution in [0.1, 0.15) is 24.6 Å². The van der Waals surface area contributed by atoms with E-state index >= 15 is 0 Å². The molecule has 0 bridgehead atoms. The van der Waals surface area contributed by atoms with E-state index in [-0.39, 0.29) is 11.8 Å². The summed E-state index contributed by atoms with van der Waals surface area (Å²) in [4.78, 5) is 15.4.